The van der Waals surface area contributed by atoms with E-state index in [4.69, 9.17) is 4.74 Å². The van der Waals surface area contributed by atoms with Crippen LogP contribution in [0.2, 0.25) is 0 Å². The molecule has 0 aliphatic rings. The van der Waals surface area contributed by atoms with Crippen LogP contribution in [-0.4, -0.2) is 18.0 Å². The van der Waals surface area contributed by atoms with Crippen molar-refractivity contribution in [3.05, 3.63) is 64.0 Å². The summed E-state index contributed by atoms with van der Waals surface area (Å²) in [5.74, 6) is -6.98. The number of amides is 1. The van der Waals surface area contributed by atoms with Gasteiger partial charge in [-0.05, 0) is 43.7 Å². The summed E-state index contributed by atoms with van der Waals surface area (Å²) in [6.07, 6.45) is -1.37. The van der Waals surface area contributed by atoms with E-state index >= 15 is 0 Å². The molecule has 1 heterocycles. The topological polar surface area (TPSA) is 55.4 Å². The summed E-state index contributed by atoms with van der Waals surface area (Å²) in [7, 11) is 0. The predicted octanol–water partition coefficient (Wildman–Crippen LogP) is 4.95. The Morgan fingerprint density at radius 3 is 2.43 bits per heavy atom. The van der Waals surface area contributed by atoms with Crippen molar-refractivity contribution in [2.75, 3.05) is 5.32 Å². The van der Waals surface area contributed by atoms with Gasteiger partial charge in [0.15, 0.2) is 23.6 Å². The number of nitrogens with one attached hydrogen (secondary N) is 1. The Hall–Kier alpha value is -2.94. The molecule has 1 N–H and O–H groups in total. The zero-order valence-electron chi connectivity index (χ0n) is 14.6. The van der Waals surface area contributed by atoms with Crippen LogP contribution in [-0.2, 0) is 9.53 Å². The number of thiophene rings is 1. The van der Waals surface area contributed by atoms with Crippen LogP contribution >= 0.6 is 11.3 Å². The van der Waals surface area contributed by atoms with E-state index in [0.29, 0.717) is 21.7 Å². The van der Waals surface area contributed by atoms with Crippen molar-refractivity contribution >= 4 is 39.0 Å². The van der Waals surface area contributed by atoms with Crippen molar-refractivity contribution in [3.63, 3.8) is 0 Å². The first-order chi connectivity index (χ1) is 13.2. The number of ether oxygens (including phenoxy) is 1. The van der Waals surface area contributed by atoms with Gasteiger partial charge in [0.2, 0.25) is 0 Å². The van der Waals surface area contributed by atoms with Gasteiger partial charge < -0.3 is 10.1 Å². The minimum atomic E-state index is -1.73. The lowest BCUT2D eigenvalue weighted by Crippen LogP contribution is -2.30. The summed E-state index contributed by atoms with van der Waals surface area (Å²) >= 11 is 1.01. The van der Waals surface area contributed by atoms with Gasteiger partial charge in [-0.2, -0.15) is 0 Å². The molecule has 0 saturated carbocycles. The number of hydrogen-bond acceptors (Lipinski definition) is 4. The third-order valence-electron chi connectivity index (χ3n) is 4.03. The molecule has 4 nitrogen and oxygen atoms in total. The molecule has 1 atom stereocenters. The Morgan fingerprint density at radius 1 is 1.04 bits per heavy atom. The Balaban J connectivity index is 1.76. The third-order valence-corrected chi connectivity index (χ3v) is 5.27. The van der Waals surface area contributed by atoms with Crippen LogP contribution in [0.5, 0.6) is 0 Å². The molecule has 2 aromatic carbocycles. The molecule has 3 rings (SSSR count). The molecule has 3 aromatic rings. The number of rotatable bonds is 4. The lowest BCUT2D eigenvalue weighted by molar-refractivity contribution is -0.123. The zero-order chi connectivity index (χ0) is 20.6. The molecule has 0 bridgehead atoms. The van der Waals surface area contributed by atoms with Gasteiger partial charge in [0, 0.05) is 10.1 Å². The number of carbonyl (C=O) groups excluding carboxylic acids is 2. The first kappa shape index (κ1) is 19.8. The molecular weight excluding hydrogens is 398 g/mol. The van der Waals surface area contributed by atoms with E-state index in [2.05, 4.69) is 0 Å². The van der Waals surface area contributed by atoms with Gasteiger partial charge in [0.25, 0.3) is 5.91 Å². The molecule has 146 valence electrons. The lowest BCUT2D eigenvalue weighted by Gasteiger charge is -2.14. The standard InChI is InChI=1S/C19H13F4NO3S/c1-8-14-10(20)4-3-5-13(14)28-17(8)19(26)27-9(2)18(25)24-12-7-6-11(21)15(22)16(12)23/h3-7,9H,1-2H3,(H,24,25)/t9-/m0/s1. The number of benzene rings is 2. The predicted molar refractivity (Wildman–Crippen MR) is 96.3 cm³/mol. The van der Waals surface area contributed by atoms with Crippen molar-refractivity contribution in [1.29, 1.82) is 0 Å². The number of halogens is 4. The number of aryl methyl sites for hydroxylation is 1. The fourth-order valence-corrected chi connectivity index (χ4v) is 3.68. The Kier molecular flexibility index (Phi) is 5.37. The highest BCUT2D eigenvalue weighted by atomic mass is 32.1. The van der Waals surface area contributed by atoms with Crippen LogP contribution in [0.25, 0.3) is 10.1 Å². The average Bonchev–Trinajstić information content (AvgIpc) is 3.00. The number of esters is 1. The molecular formula is C19H13F4NO3S. The monoisotopic (exact) mass is 411 g/mol. The molecule has 0 fully saturated rings. The highest BCUT2D eigenvalue weighted by Gasteiger charge is 2.25. The van der Waals surface area contributed by atoms with Crippen molar-refractivity contribution in [2.24, 2.45) is 0 Å². The number of carbonyl (C=O) groups is 2. The third kappa shape index (κ3) is 3.57. The SMILES string of the molecule is Cc1c(C(=O)O[C@@H](C)C(=O)Nc2ccc(F)c(F)c2F)sc2cccc(F)c12. The summed E-state index contributed by atoms with van der Waals surface area (Å²) < 4.78 is 59.4. The Morgan fingerprint density at radius 2 is 1.75 bits per heavy atom. The van der Waals surface area contributed by atoms with Crippen LogP contribution in [0.1, 0.15) is 22.2 Å². The van der Waals surface area contributed by atoms with Gasteiger partial charge in [-0.25, -0.2) is 22.4 Å². The molecule has 1 amide bonds. The van der Waals surface area contributed by atoms with Gasteiger partial charge >= 0.3 is 5.97 Å². The number of anilines is 1. The molecule has 1 aromatic heterocycles. The fourth-order valence-electron chi connectivity index (χ4n) is 2.57. The van der Waals surface area contributed by atoms with Crippen molar-refractivity contribution in [1.82, 2.24) is 0 Å². The maximum Gasteiger partial charge on any atom is 0.349 e. The molecule has 9 heteroatoms. The normalized spacial score (nSPS) is 12.1. The van der Waals surface area contributed by atoms with E-state index in [1.54, 1.807) is 13.0 Å². The van der Waals surface area contributed by atoms with Crippen LogP contribution in [0, 0.1) is 30.2 Å². The van der Waals surface area contributed by atoms with Gasteiger partial charge in [-0.3, -0.25) is 4.79 Å². The van der Waals surface area contributed by atoms with E-state index in [9.17, 15) is 27.2 Å². The van der Waals surface area contributed by atoms with Crippen LogP contribution in [0.4, 0.5) is 23.2 Å². The largest absolute Gasteiger partial charge is 0.448 e. The van der Waals surface area contributed by atoms with E-state index < -0.39 is 46.9 Å². The maximum atomic E-state index is 14.0. The first-order valence-electron chi connectivity index (χ1n) is 8.03. The Bertz CT molecular complexity index is 1100. The van der Waals surface area contributed by atoms with Crippen molar-refractivity contribution in [2.45, 2.75) is 20.0 Å². The van der Waals surface area contributed by atoms with Crippen molar-refractivity contribution in [3.8, 4) is 0 Å². The average molecular weight is 411 g/mol. The quantitative estimate of drug-likeness (QED) is 0.376. The fraction of sp³-hybridized carbons (Fsp3) is 0.158. The Labute approximate surface area is 160 Å². The maximum absolute atomic E-state index is 14.0. The molecule has 28 heavy (non-hydrogen) atoms. The lowest BCUT2D eigenvalue weighted by atomic mass is 10.1. The molecule has 0 radical (unpaired) electrons. The minimum Gasteiger partial charge on any atom is -0.448 e. The summed E-state index contributed by atoms with van der Waals surface area (Å²) in [6.45, 7) is 2.79. The second-order valence-electron chi connectivity index (χ2n) is 5.93. The molecule has 0 spiro atoms. The van der Waals surface area contributed by atoms with Gasteiger partial charge in [0.1, 0.15) is 10.7 Å². The number of fused-ring (bicyclic) bond motifs is 1. The molecule has 0 saturated heterocycles. The smallest absolute Gasteiger partial charge is 0.349 e. The summed E-state index contributed by atoms with van der Waals surface area (Å²) in [6, 6.07) is 5.92. The highest BCUT2D eigenvalue weighted by Crippen LogP contribution is 2.33. The number of hydrogen-bond donors (Lipinski definition) is 1. The van der Waals surface area contributed by atoms with Crippen LogP contribution < -0.4 is 5.32 Å². The minimum absolute atomic E-state index is 0.124. The van der Waals surface area contributed by atoms with E-state index in [-0.39, 0.29) is 4.88 Å². The van der Waals surface area contributed by atoms with Gasteiger partial charge in [0.05, 0.1) is 5.69 Å². The summed E-state index contributed by atoms with van der Waals surface area (Å²) in [5.41, 5.74) is -0.214. The zero-order valence-corrected chi connectivity index (χ0v) is 15.4. The van der Waals surface area contributed by atoms with E-state index in [1.807, 2.05) is 5.32 Å². The van der Waals surface area contributed by atoms with E-state index in [1.165, 1.54) is 19.1 Å². The van der Waals surface area contributed by atoms with Crippen LogP contribution in [0.3, 0.4) is 0 Å². The van der Waals surface area contributed by atoms with Gasteiger partial charge in [-0.15, -0.1) is 11.3 Å². The summed E-state index contributed by atoms with van der Waals surface area (Å²) in [5, 5.41) is 2.32. The second-order valence-corrected chi connectivity index (χ2v) is 6.98. The first-order valence-corrected chi connectivity index (χ1v) is 8.85. The highest BCUT2D eigenvalue weighted by molar-refractivity contribution is 7.21. The van der Waals surface area contributed by atoms with Gasteiger partial charge in [-0.1, -0.05) is 6.07 Å². The molecule has 0 aliphatic carbocycles. The van der Waals surface area contributed by atoms with Crippen molar-refractivity contribution < 1.29 is 31.9 Å². The molecule has 0 aliphatic heterocycles. The van der Waals surface area contributed by atoms with Crippen LogP contribution in [0.15, 0.2) is 30.3 Å². The second kappa shape index (κ2) is 7.59. The van der Waals surface area contributed by atoms with E-state index in [0.717, 1.165) is 17.4 Å². The molecule has 0 unspecified atom stereocenters. The summed E-state index contributed by atoms with van der Waals surface area (Å²) in [4.78, 5) is 24.6.